The molecule has 1 aromatic rings. The Kier molecular flexibility index (Phi) is 5.43. The van der Waals surface area contributed by atoms with Gasteiger partial charge in [0.15, 0.2) is 0 Å². The van der Waals surface area contributed by atoms with Gasteiger partial charge in [-0.25, -0.2) is 0 Å². The summed E-state index contributed by atoms with van der Waals surface area (Å²) in [5.74, 6) is 0.706. The largest absolute Gasteiger partial charge is 0.319 e. The molecule has 1 saturated heterocycles. The molecule has 0 aromatic heterocycles. The highest BCUT2D eigenvalue weighted by molar-refractivity contribution is 9.10. The molecule has 3 heteroatoms. The molecule has 1 N–H and O–H groups in total. The van der Waals surface area contributed by atoms with Crippen molar-refractivity contribution in [3.05, 3.63) is 33.8 Å². The average Bonchev–Trinajstić information content (AvgIpc) is 2.39. The van der Waals surface area contributed by atoms with Gasteiger partial charge in [0, 0.05) is 10.5 Å². The van der Waals surface area contributed by atoms with Gasteiger partial charge in [0.05, 0.1) is 0 Å². The van der Waals surface area contributed by atoms with Crippen LogP contribution in [0.1, 0.15) is 36.9 Å². The monoisotopic (exact) mass is 324 g/mol. The van der Waals surface area contributed by atoms with E-state index in [9.17, 15) is 0 Å². The van der Waals surface area contributed by atoms with Crippen LogP contribution in [0.5, 0.6) is 0 Å². The lowest BCUT2D eigenvalue weighted by atomic mass is 9.84. The van der Waals surface area contributed by atoms with Crippen molar-refractivity contribution < 1.29 is 0 Å². The van der Waals surface area contributed by atoms with Crippen molar-refractivity contribution in [2.24, 2.45) is 5.92 Å². The fourth-order valence-electron chi connectivity index (χ4n) is 3.31. The summed E-state index contributed by atoms with van der Waals surface area (Å²) in [7, 11) is 2.06. The Bertz CT molecular complexity index is 417. The summed E-state index contributed by atoms with van der Waals surface area (Å²) >= 11 is 3.77. The lowest BCUT2D eigenvalue weighted by molar-refractivity contribution is 0.0977. The fraction of sp³-hybridized carbons (Fsp3) is 0.625. The highest BCUT2D eigenvalue weighted by atomic mass is 79.9. The molecule has 2 rings (SSSR count). The Morgan fingerprint density at radius 1 is 1.42 bits per heavy atom. The van der Waals surface area contributed by atoms with Crippen molar-refractivity contribution in [1.29, 1.82) is 0 Å². The number of nitrogens with zero attached hydrogens (tertiary/aromatic N) is 1. The number of likely N-dealkylation sites (tertiary alicyclic amines) is 1. The molecule has 1 aliphatic rings. The highest BCUT2D eigenvalue weighted by Crippen LogP contribution is 2.38. The van der Waals surface area contributed by atoms with Crippen LogP contribution in [-0.2, 0) is 0 Å². The SMILES string of the molecule is CCN1CCCC(CNC)C1c1ccc(C)cc1Br. The second kappa shape index (κ2) is 6.87. The molecular weight excluding hydrogens is 300 g/mol. The minimum atomic E-state index is 0.543. The summed E-state index contributed by atoms with van der Waals surface area (Å²) in [5, 5.41) is 3.37. The zero-order chi connectivity index (χ0) is 13.8. The molecule has 2 atom stereocenters. The summed E-state index contributed by atoms with van der Waals surface area (Å²) in [6, 6.07) is 7.33. The van der Waals surface area contributed by atoms with Gasteiger partial charge in [0.2, 0.25) is 0 Å². The first-order valence-corrected chi connectivity index (χ1v) is 8.11. The molecule has 1 fully saturated rings. The van der Waals surface area contributed by atoms with Crippen molar-refractivity contribution in [1.82, 2.24) is 10.2 Å². The summed E-state index contributed by atoms with van der Waals surface area (Å²) in [6.07, 6.45) is 2.64. The molecular formula is C16H25BrN2. The highest BCUT2D eigenvalue weighted by Gasteiger charge is 2.32. The van der Waals surface area contributed by atoms with E-state index in [1.165, 1.54) is 35.0 Å². The first-order chi connectivity index (χ1) is 9.17. The lowest BCUT2D eigenvalue weighted by Gasteiger charge is -2.41. The molecule has 2 nitrogen and oxygen atoms in total. The maximum Gasteiger partial charge on any atom is 0.0399 e. The number of hydrogen-bond acceptors (Lipinski definition) is 2. The Balaban J connectivity index is 2.33. The van der Waals surface area contributed by atoms with Gasteiger partial charge in [-0.2, -0.15) is 0 Å². The Morgan fingerprint density at radius 3 is 2.84 bits per heavy atom. The van der Waals surface area contributed by atoms with Crippen molar-refractivity contribution in [3.63, 3.8) is 0 Å². The third-order valence-electron chi connectivity index (χ3n) is 4.21. The minimum Gasteiger partial charge on any atom is -0.319 e. The molecule has 0 spiro atoms. The molecule has 0 saturated carbocycles. The number of hydrogen-bond donors (Lipinski definition) is 1. The minimum absolute atomic E-state index is 0.543. The van der Waals surface area contributed by atoms with E-state index in [-0.39, 0.29) is 0 Å². The van der Waals surface area contributed by atoms with E-state index in [0.29, 0.717) is 12.0 Å². The van der Waals surface area contributed by atoms with Gasteiger partial charge in [-0.15, -0.1) is 0 Å². The molecule has 1 aromatic carbocycles. The van der Waals surface area contributed by atoms with E-state index in [2.05, 4.69) is 65.2 Å². The van der Waals surface area contributed by atoms with Gasteiger partial charge in [-0.1, -0.05) is 35.0 Å². The van der Waals surface area contributed by atoms with Crippen LogP contribution in [0.3, 0.4) is 0 Å². The quantitative estimate of drug-likeness (QED) is 0.907. The molecule has 0 amide bonds. The van der Waals surface area contributed by atoms with E-state index in [1.807, 2.05) is 0 Å². The van der Waals surface area contributed by atoms with Crippen molar-refractivity contribution in [2.45, 2.75) is 32.7 Å². The number of halogens is 1. The Labute approximate surface area is 125 Å². The van der Waals surface area contributed by atoms with Gasteiger partial charge in [0.1, 0.15) is 0 Å². The van der Waals surface area contributed by atoms with E-state index in [0.717, 1.165) is 13.1 Å². The summed E-state index contributed by atoms with van der Waals surface area (Å²) < 4.78 is 1.26. The molecule has 2 unspecified atom stereocenters. The van der Waals surface area contributed by atoms with Crippen LogP contribution in [-0.4, -0.2) is 31.6 Å². The number of aryl methyl sites for hydroxylation is 1. The molecule has 0 radical (unpaired) electrons. The van der Waals surface area contributed by atoms with Crippen LogP contribution in [0.15, 0.2) is 22.7 Å². The number of piperidine rings is 1. The van der Waals surface area contributed by atoms with Crippen molar-refractivity contribution in [3.8, 4) is 0 Å². The molecule has 0 bridgehead atoms. The molecule has 1 aliphatic heterocycles. The maximum atomic E-state index is 3.77. The number of nitrogens with one attached hydrogen (secondary N) is 1. The van der Waals surface area contributed by atoms with Crippen molar-refractivity contribution in [2.75, 3.05) is 26.7 Å². The van der Waals surface area contributed by atoms with E-state index >= 15 is 0 Å². The first-order valence-electron chi connectivity index (χ1n) is 7.32. The summed E-state index contributed by atoms with van der Waals surface area (Å²) in [6.45, 7) is 7.88. The molecule has 0 aliphatic carbocycles. The number of rotatable bonds is 4. The van der Waals surface area contributed by atoms with Crippen molar-refractivity contribution >= 4 is 15.9 Å². The third kappa shape index (κ3) is 3.39. The van der Waals surface area contributed by atoms with Crippen LogP contribution in [0, 0.1) is 12.8 Å². The lowest BCUT2D eigenvalue weighted by Crippen LogP contribution is -2.42. The van der Waals surface area contributed by atoms with E-state index in [4.69, 9.17) is 0 Å². The van der Waals surface area contributed by atoms with Crippen LogP contribution in [0.25, 0.3) is 0 Å². The zero-order valence-corrected chi connectivity index (χ0v) is 13.8. The summed E-state index contributed by atoms with van der Waals surface area (Å²) in [5.41, 5.74) is 2.77. The van der Waals surface area contributed by atoms with Crippen LogP contribution >= 0.6 is 15.9 Å². The molecule has 106 valence electrons. The molecule has 1 heterocycles. The Hall–Kier alpha value is -0.380. The Morgan fingerprint density at radius 2 is 2.21 bits per heavy atom. The maximum absolute atomic E-state index is 3.77. The molecule has 19 heavy (non-hydrogen) atoms. The van der Waals surface area contributed by atoms with E-state index in [1.54, 1.807) is 0 Å². The normalized spacial score (nSPS) is 24.6. The van der Waals surface area contributed by atoms with Gasteiger partial charge in [0.25, 0.3) is 0 Å². The predicted molar refractivity (Wildman–Crippen MR) is 85.5 cm³/mol. The zero-order valence-electron chi connectivity index (χ0n) is 12.2. The smallest absolute Gasteiger partial charge is 0.0399 e. The third-order valence-corrected chi connectivity index (χ3v) is 4.89. The fourth-order valence-corrected chi connectivity index (χ4v) is 4.03. The van der Waals surface area contributed by atoms with Crippen LogP contribution in [0.2, 0.25) is 0 Å². The van der Waals surface area contributed by atoms with Crippen LogP contribution < -0.4 is 5.32 Å². The average molecular weight is 325 g/mol. The van der Waals surface area contributed by atoms with Gasteiger partial charge in [-0.05, 0) is 69.6 Å². The predicted octanol–water partition coefficient (Wildman–Crippen LogP) is 3.75. The van der Waals surface area contributed by atoms with Gasteiger partial charge >= 0.3 is 0 Å². The first kappa shape index (κ1) is 15.0. The second-order valence-electron chi connectivity index (χ2n) is 5.56. The van der Waals surface area contributed by atoms with E-state index < -0.39 is 0 Å². The second-order valence-corrected chi connectivity index (χ2v) is 6.41. The summed E-state index contributed by atoms with van der Waals surface area (Å²) in [4.78, 5) is 2.63. The topological polar surface area (TPSA) is 15.3 Å². The van der Waals surface area contributed by atoms with Gasteiger partial charge < -0.3 is 5.32 Å². The van der Waals surface area contributed by atoms with Gasteiger partial charge in [-0.3, -0.25) is 4.90 Å². The standard InChI is InChI=1S/C16H25BrN2/c1-4-19-9-5-6-13(11-18-3)16(19)14-8-7-12(2)10-15(14)17/h7-8,10,13,16,18H,4-6,9,11H2,1-3H3. The number of benzene rings is 1. The van der Waals surface area contributed by atoms with Crippen LogP contribution in [0.4, 0.5) is 0 Å².